The van der Waals surface area contributed by atoms with E-state index in [4.69, 9.17) is 9.15 Å². The van der Waals surface area contributed by atoms with Gasteiger partial charge in [-0.05, 0) is 50.1 Å². The van der Waals surface area contributed by atoms with Gasteiger partial charge < -0.3 is 19.8 Å². The lowest BCUT2D eigenvalue weighted by molar-refractivity contribution is 0.414. The van der Waals surface area contributed by atoms with Crippen LogP contribution in [0.5, 0.6) is 5.75 Å². The number of methoxy groups -OCH3 is 1. The highest BCUT2D eigenvalue weighted by atomic mass is 16.5. The van der Waals surface area contributed by atoms with Gasteiger partial charge in [0.05, 0.1) is 13.4 Å². The summed E-state index contributed by atoms with van der Waals surface area (Å²) in [6, 6.07) is 12.4. The molecule has 0 aliphatic heterocycles. The Morgan fingerprint density at radius 3 is 2.58 bits per heavy atom. The van der Waals surface area contributed by atoms with E-state index in [-0.39, 0.29) is 0 Å². The number of nitrogens with zero attached hydrogens (tertiary/aromatic N) is 1. The standard InChI is InChI=1S/C19H27N3O2/c1-15(2)22-19(21-13-11-18-5-4-14-24-18)20-12-10-16-6-8-17(23-3)9-7-16/h4-9,14-15H,10-13H2,1-3H3,(H2,20,21,22). The molecule has 24 heavy (non-hydrogen) atoms. The Kier molecular flexibility index (Phi) is 7.21. The van der Waals surface area contributed by atoms with Crippen molar-refractivity contribution in [1.82, 2.24) is 10.6 Å². The van der Waals surface area contributed by atoms with E-state index in [1.165, 1.54) is 5.56 Å². The number of benzene rings is 1. The lowest BCUT2D eigenvalue weighted by atomic mass is 10.1. The van der Waals surface area contributed by atoms with Gasteiger partial charge in [0.25, 0.3) is 0 Å². The summed E-state index contributed by atoms with van der Waals surface area (Å²) in [5.74, 6) is 2.68. The molecular weight excluding hydrogens is 302 g/mol. The first-order valence-corrected chi connectivity index (χ1v) is 8.37. The Hall–Kier alpha value is -2.43. The molecule has 0 saturated heterocycles. The topological polar surface area (TPSA) is 58.8 Å². The molecule has 5 heteroatoms. The fourth-order valence-electron chi connectivity index (χ4n) is 2.28. The molecule has 0 aliphatic rings. The average molecular weight is 329 g/mol. The van der Waals surface area contributed by atoms with Crippen molar-refractivity contribution in [2.75, 3.05) is 20.2 Å². The Morgan fingerprint density at radius 1 is 1.17 bits per heavy atom. The number of guanidine groups is 1. The van der Waals surface area contributed by atoms with Gasteiger partial charge >= 0.3 is 0 Å². The van der Waals surface area contributed by atoms with E-state index in [2.05, 4.69) is 41.6 Å². The molecule has 2 N–H and O–H groups in total. The van der Waals surface area contributed by atoms with E-state index in [1.54, 1.807) is 13.4 Å². The number of furan rings is 1. The Bertz CT molecular complexity index is 604. The Labute approximate surface area is 144 Å². The zero-order valence-electron chi connectivity index (χ0n) is 14.7. The van der Waals surface area contributed by atoms with E-state index >= 15 is 0 Å². The zero-order valence-corrected chi connectivity index (χ0v) is 14.7. The first-order chi connectivity index (χ1) is 11.7. The first-order valence-electron chi connectivity index (χ1n) is 8.37. The second-order valence-corrected chi connectivity index (χ2v) is 5.88. The largest absolute Gasteiger partial charge is 0.497 e. The second kappa shape index (κ2) is 9.65. The fraction of sp³-hybridized carbons (Fsp3) is 0.421. The highest BCUT2D eigenvalue weighted by Crippen LogP contribution is 2.11. The Morgan fingerprint density at radius 2 is 1.96 bits per heavy atom. The molecule has 1 aromatic carbocycles. The lowest BCUT2D eigenvalue weighted by Gasteiger charge is -2.15. The van der Waals surface area contributed by atoms with Crippen molar-refractivity contribution in [3.05, 3.63) is 54.0 Å². The molecule has 5 nitrogen and oxygen atoms in total. The fourth-order valence-corrected chi connectivity index (χ4v) is 2.28. The molecule has 0 saturated carbocycles. The minimum atomic E-state index is 0.334. The summed E-state index contributed by atoms with van der Waals surface area (Å²) in [6.45, 7) is 5.73. The van der Waals surface area contributed by atoms with Crippen LogP contribution in [-0.2, 0) is 12.8 Å². The zero-order chi connectivity index (χ0) is 17.2. The molecule has 0 bridgehead atoms. The van der Waals surface area contributed by atoms with Gasteiger partial charge in [-0.15, -0.1) is 0 Å². The quantitative estimate of drug-likeness (QED) is 0.577. The van der Waals surface area contributed by atoms with Crippen LogP contribution in [0.15, 0.2) is 52.1 Å². The van der Waals surface area contributed by atoms with E-state index < -0.39 is 0 Å². The number of hydrogen-bond acceptors (Lipinski definition) is 3. The molecule has 0 amide bonds. The maximum atomic E-state index is 5.33. The van der Waals surface area contributed by atoms with Crippen molar-refractivity contribution >= 4 is 5.96 Å². The summed E-state index contributed by atoms with van der Waals surface area (Å²) in [5, 5.41) is 6.74. The van der Waals surface area contributed by atoms with Crippen molar-refractivity contribution in [3.63, 3.8) is 0 Å². The third kappa shape index (κ3) is 6.36. The van der Waals surface area contributed by atoms with Gasteiger partial charge in [-0.3, -0.25) is 4.99 Å². The molecular formula is C19H27N3O2. The number of aliphatic imine (C=N–C) groups is 1. The van der Waals surface area contributed by atoms with Crippen LogP contribution >= 0.6 is 0 Å². The van der Waals surface area contributed by atoms with Gasteiger partial charge in [0.15, 0.2) is 5.96 Å². The number of ether oxygens (including phenoxy) is 1. The first kappa shape index (κ1) is 17.9. The summed E-state index contributed by atoms with van der Waals surface area (Å²) >= 11 is 0. The molecule has 0 spiro atoms. The van der Waals surface area contributed by atoms with Gasteiger partial charge in [0.1, 0.15) is 11.5 Å². The minimum Gasteiger partial charge on any atom is -0.497 e. The van der Waals surface area contributed by atoms with Crippen LogP contribution in [0.3, 0.4) is 0 Å². The Balaban J connectivity index is 1.80. The number of rotatable bonds is 8. The van der Waals surface area contributed by atoms with Crippen molar-refractivity contribution in [2.24, 2.45) is 4.99 Å². The summed E-state index contributed by atoms with van der Waals surface area (Å²) in [4.78, 5) is 4.61. The minimum absolute atomic E-state index is 0.334. The molecule has 0 radical (unpaired) electrons. The molecule has 2 rings (SSSR count). The maximum Gasteiger partial charge on any atom is 0.191 e. The smallest absolute Gasteiger partial charge is 0.191 e. The van der Waals surface area contributed by atoms with Crippen LogP contribution in [0.1, 0.15) is 25.2 Å². The molecule has 1 heterocycles. The number of hydrogen-bond donors (Lipinski definition) is 2. The summed E-state index contributed by atoms with van der Waals surface area (Å²) in [7, 11) is 1.68. The normalized spacial score (nSPS) is 11.6. The van der Waals surface area contributed by atoms with Crippen LogP contribution in [0, 0.1) is 0 Å². The van der Waals surface area contributed by atoms with Crippen LogP contribution in [0.25, 0.3) is 0 Å². The van der Waals surface area contributed by atoms with Crippen LogP contribution in [0.2, 0.25) is 0 Å². The maximum absolute atomic E-state index is 5.33. The van der Waals surface area contributed by atoms with Crippen LogP contribution < -0.4 is 15.4 Å². The third-order valence-corrected chi connectivity index (χ3v) is 3.50. The molecule has 0 unspecified atom stereocenters. The third-order valence-electron chi connectivity index (χ3n) is 3.50. The molecule has 1 aromatic heterocycles. The molecule has 0 aliphatic carbocycles. The van der Waals surface area contributed by atoms with E-state index in [1.807, 2.05) is 24.3 Å². The molecule has 2 aromatic rings. The van der Waals surface area contributed by atoms with E-state index in [9.17, 15) is 0 Å². The predicted molar refractivity (Wildman–Crippen MR) is 97.7 cm³/mol. The summed E-state index contributed by atoms with van der Waals surface area (Å²) in [6.07, 6.45) is 3.43. The highest BCUT2D eigenvalue weighted by molar-refractivity contribution is 5.80. The van der Waals surface area contributed by atoms with Crippen LogP contribution in [-0.4, -0.2) is 32.2 Å². The SMILES string of the molecule is COc1ccc(CCNC(=NCCc2ccco2)NC(C)C)cc1. The molecule has 130 valence electrons. The highest BCUT2D eigenvalue weighted by Gasteiger charge is 2.02. The van der Waals surface area contributed by atoms with Crippen molar-refractivity contribution in [1.29, 1.82) is 0 Å². The second-order valence-electron chi connectivity index (χ2n) is 5.88. The summed E-state index contributed by atoms with van der Waals surface area (Å²) < 4.78 is 10.5. The molecule has 0 fully saturated rings. The average Bonchev–Trinajstić information content (AvgIpc) is 3.08. The van der Waals surface area contributed by atoms with E-state index in [0.29, 0.717) is 12.6 Å². The van der Waals surface area contributed by atoms with Crippen molar-refractivity contribution in [3.8, 4) is 5.75 Å². The van der Waals surface area contributed by atoms with Crippen molar-refractivity contribution in [2.45, 2.75) is 32.7 Å². The van der Waals surface area contributed by atoms with Gasteiger partial charge in [0.2, 0.25) is 0 Å². The van der Waals surface area contributed by atoms with Gasteiger partial charge in [-0.1, -0.05) is 12.1 Å². The monoisotopic (exact) mass is 329 g/mol. The van der Waals surface area contributed by atoms with Crippen molar-refractivity contribution < 1.29 is 9.15 Å². The van der Waals surface area contributed by atoms with Gasteiger partial charge in [-0.2, -0.15) is 0 Å². The summed E-state index contributed by atoms with van der Waals surface area (Å²) in [5.41, 5.74) is 1.27. The number of nitrogens with one attached hydrogen (secondary N) is 2. The van der Waals surface area contributed by atoms with E-state index in [0.717, 1.165) is 36.9 Å². The predicted octanol–water partition coefficient (Wildman–Crippen LogP) is 3.02. The molecule has 0 atom stereocenters. The van der Waals surface area contributed by atoms with Gasteiger partial charge in [-0.25, -0.2) is 0 Å². The van der Waals surface area contributed by atoms with Crippen LogP contribution in [0.4, 0.5) is 0 Å². The lowest BCUT2D eigenvalue weighted by Crippen LogP contribution is -2.42. The van der Waals surface area contributed by atoms with Gasteiger partial charge in [0, 0.05) is 25.6 Å².